The number of carbonyl (C=O) groups is 2. The quantitative estimate of drug-likeness (QED) is 0.713. The summed E-state index contributed by atoms with van der Waals surface area (Å²) in [4.78, 5) is 28.1. The van der Waals surface area contributed by atoms with Gasteiger partial charge in [-0.15, -0.1) is 11.3 Å². The molecule has 1 atom stereocenters. The second-order valence-corrected chi connectivity index (χ2v) is 6.29. The van der Waals surface area contributed by atoms with Crippen LogP contribution in [0.1, 0.15) is 17.3 Å². The van der Waals surface area contributed by atoms with Crippen molar-refractivity contribution < 1.29 is 14.7 Å². The molecule has 5 nitrogen and oxygen atoms in total. The van der Waals surface area contributed by atoms with E-state index in [2.05, 4.69) is 10.3 Å². The van der Waals surface area contributed by atoms with Gasteiger partial charge in [-0.1, -0.05) is 60.7 Å². The molecule has 0 fully saturated rings. The molecule has 0 spiro atoms. The summed E-state index contributed by atoms with van der Waals surface area (Å²) in [7, 11) is 0. The molecule has 1 unspecified atom stereocenters. The van der Waals surface area contributed by atoms with E-state index in [4.69, 9.17) is 0 Å². The minimum Gasteiger partial charge on any atom is -0.479 e. The van der Waals surface area contributed by atoms with Gasteiger partial charge in [-0.3, -0.25) is 4.79 Å². The molecule has 3 rings (SSSR count). The topological polar surface area (TPSA) is 79.3 Å². The van der Waals surface area contributed by atoms with Gasteiger partial charge in [-0.05, 0) is 5.56 Å². The first kappa shape index (κ1) is 16.9. The van der Waals surface area contributed by atoms with Crippen LogP contribution < -0.4 is 5.32 Å². The first-order valence-electron chi connectivity index (χ1n) is 7.70. The molecule has 0 saturated carbocycles. The van der Waals surface area contributed by atoms with Crippen LogP contribution in [0.25, 0.3) is 10.6 Å². The fourth-order valence-electron chi connectivity index (χ4n) is 2.41. The fourth-order valence-corrected chi connectivity index (χ4v) is 3.24. The molecule has 0 aliphatic heterocycles. The Bertz CT molecular complexity index is 863. The second-order valence-electron chi connectivity index (χ2n) is 5.44. The number of carboxylic acids is 1. The Hall–Kier alpha value is -2.99. The zero-order valence-corrected chi connectivity index (χ0v) is 14.1. The van der Waals surface area contributed by atoms with Crippen LogP contribution in [0, 0.1) is 0 Å². The summed E-state index contributed by atoms with van der Waals surface area (Å²) in [5.74, 6) is -1.47. The average Bonchev–Trinajstić information content (AvgIpc) is 3.09. The van der Waals surface area contributed by atoms with Crippen molar-refractivity contribution in [1.82, 2.24) is 10.3 Å². The number of hydrogen-bond donors (Lipinski definition) is 2. The minimum atomic E-state index is -1.09. The lowest BCUT2D eigenvalue weighted by atomic mass is 10.1. The van der Waals surface area contributed by atoms with Crippen LogP contribution in [0.2, 0.25) is 0 Å². The van der Waals surface area contributed by atoms with E-state index in [-0.39, 0.29) is 12.3 Å². The number of hydrogen-bond acceptors (Lipinski definition) is 4. The van der Waals surface area contributed by atoms with Crippen LogP contribution in [-0.4, -0.2) is 22.0 Å². The molecule has 2 N–H and O–H groups in total. The fraction of sp³-hybridized carbons (Fsp3) is 0.105. The van der Waals surface area contributed by atoms with Crippen molar-refractivity contribution >= 4 is 23.2 Å². The van der Waals surface area contributed by atoms with Crippen LogP contribution in [0.4, 0.5) is 0 Å². The molecular formula is C19H16N2O3S. The third-order valence-electron chi connectivity index (χ3n) is 3.60. The summed E-state index contributed by atoms with van der Waals surface area (Å²) in [6.45, 7) is 0. The number of amides is 1. The Morgan fingerprint density at radius 2 is 1.68 bits per heavy atom. The number of benzene rings is 2. The standard InChI is InChI=1S/C19H16N2O3S/c22-16(21-17(19(23)24)13-7-3-1-4-8-13)11-15-12-25-18(20-15)14-9-5-2-6-10-14/h1-10,12,17H,11H2,(H,21,22)(H,23,24). The van der Waals surface area contributed by atoms with Crippen LogP contribution in [-0.2, 0) is 16.0 Å². The van der Waals surface area contributed by atoms with E-state index in [9.17, 15) is 14.7 Å². The Balaban J connectivity index is 1.68. The summed E-state index contributed by atoms with van der Waals surface area (Å²) < 4.78 is 0. The van der Waals surface area contributed by atoms with Crippen molar-refractivity contribution in [2.75, 3.05) is 0 Å². The zero-order chi connectivity index (χ0) is 17.6. The van der Waals surface area contributed by atoms with E-state index in [1.807, 2.05) is 35.7 Å². The van der Waals surface area contributed by atoms with E-state index < -0.39 is 12.0 Å². The van der Waals surface area contributed by atoms with Gasteiger partial charge in [-0.25, -0.2) is 9.78 Å². The van der Waals surface area contributed by atoms with Crippen LogP contribution in [0.15, 0.2) is 66.0 Å². The summed E-state index contributed by atoms with van der Waals surface area (Å²) >= 11 is 1.46. The van der Waals surface area contributed by atoms with Gasteiger partial charge < -0.3 is 10.4 Å². The molecule has 2 aromatic carbocycles. The largest absolute Gasteiger partial charge is 0.479 e. The maximum atomic E-state index is 12.2. The third-order valence-corrected chi connectivity index (χ3v) is 4.54. The molecule has 3 aromatic rings. The highest BCUT2D eigenvalue weighted by Crippen LogP contribution is 2.23. The molecule has 6 heteroatoms. The molecule has 1 aromatic heterocycles. The van der Waals surface area contributed by atoms with Gasteiger partial charge in [0.2, 0.25) is 5.91 Å². The first-order chi connectivity index (χ1) is 12.1. The number of rotatable bonds is 6. The van der Waals surface area contributed by atoms with Gasteiger partial charge in [-0.2, -0.15) is 0 Å². The van der Waals surface area contributed by atoms with Crippen molar-refractivity contribution in [3.8, 4) is 10.6 Å². The predicted molar refractivity (Wildman–Crippen MR) is 96.2 cm³/mol. The molecule has 1 heterocycles. The number of nitrogens with zero attached hydrogens (tertiary/aromatic N) is 1. The van der Waals surface area contributed by atoms with Gasteiger partial charge in [0.1, 0.15) is 5.01 Å². The van der Waals surface area contributed by atoms with E-state index >= 15 is 0 Å². The Labute approximate surface area is 149 Å². The first-order valence-corrected chi connectivity index (χ1v) is 8.58. The number of thiazole rings is 1. The number of carbonyl (C=O) groups excluding carboxylic acids is 1. The number of aliphatic carboxylic acids is 1. The van der Waals surface area contributed by atoms with Crippen molar-refractivity contribution in [2.24, 2.45) is 0 Å². The molecule has 0 aliphatic carbocycles. The molecule has 0 saturated heterocycles. The molecule has 25 heavy (non-hydrogen) atoms. The summed E-state index contributed by atoms with van der Waals surface area (Å²) in [6, 6.07) is 17.3. The summed E-state index contributed by atoms with van der Waals surface area (Å²) in [5, 5.41) is 14.6. The Morgan fingerprint density at radius 3 is 2.32 bits per heavy atom. The van der Waals surface area contributed by atoms with Gasteiger partial charge in [0, 0.05) is 10.9 Å². The molecule has 1 amide bonds. The second kappa shape index (κ2) is 7.72. The van der Waals surface area contributed by atoms with E-state index in [0.717, 1.165) is 10.6 Å². The van der Waals surface area contributed by atoms with Crippen LogP contribution in [0.5, 0.6) is 0 Å². The highest BCUT2D eigenvalue weighted by Gasteiger charge is 2.22. The van der Waals surface area contributed by atoms with Crippen molar-refractivity contribution in [1.29, 1.82) is 0 Å². The van der Waals surface area contributed by atoms with Gasteiger partial charge in [0.05, 0.1) is 12.1 Å². The lowest BCUT2D eigenvalue weighted by Gasteiger charge is -2.14. The maximum Gasteiger partial charge on any atom is 0.330 e. The SMILES string of the molecule is O=C(Cc1csc(-c2ccccc2)n1)NC(C(=O)O)c1ccccc1. The molecular weight excluding hydrogens is 336 g/mol. The Morgan fingerprint density at radius 1 is 1.04 bits per heavy atom. The number of nitrogens with one attached hydrogen (secondary N) is 1. The highest BCUT2D eigenvalue weighted by atomic mass is 32.1. The monoisotopic (exact) mass is 352 g/mol. The third kappa shape index (κ3) is 4.30. The predicted octanol–water partition coefficient (Wildman–Crippen LogP) is 3.29. The van der Waals surface area contributed by atoms with Gasteiger partial charge in [0.15, 0.2) is 6.04 Å². The Kier molecular flexibility index (Phi) is 5.20. The van der Waals surface area contributed by atoms with Crippen molar-refractivity contribution in [3.05, 3.63) is 77.3 Å². The maximum absolute atomic E-state index is 12.2. The molecule has 0 radical (unpaired) electrons. The van der Waals surface area contributed by atoms with Gasteiger partial charge in [0.25, 0.3) is 0 Å². The minimum absolute atomic E-state index is 0.0416. The van der Waals surface area contributed by atoms with Gasteiger partial charge >= 0.3 is 5.97 Å². The molecule has 0 aliphatic rings. The van der Waals surface area contributed by atoms with Crippen LogP contribution >= 0.6 is 11.3 Å². The molecule has 126 valence electrons. The van der Waals surface area contributed by atoms with E-state index in [1.54, 1.807) is 30.3 Å². The summed E-state index contributed by atoms with van der Waals surface area (Å²) in [6.07, 6.45) is 0.0416. The summed E-state index contributed by atoms with van der Waals surface area (Å²) in [5.41, 5.74) is 2.15. The zero-order valence-electron chi connectivity index (χ0n) is 13.3. The van der Waals surface area contributed by atoms with Crippen molar-refractivity contribution in [3.63, 3.8) is 0 Å². The lowest BCUT2D eigenvalue weighted by Crippen LogP contribution is -2.34. The number of carboxylic acid groups (broad SMARTS) is 1. The highest BCUT2D eigenvalue weighted by molar-refractivity contribution is 7.13. The number of aromatic nitrogens is 1. The smallest absolute Gasteiger partial charge is 0.330 e. The average molecular weight is 352 g/mol. The molecule has 0 bridgehead atoms. The van der Waals surface area contributed by atoms with Crippen molar-refractivity contribution in [2.45, 2.75) is 12.5 Å². The normalized spacial score (nSPS) is 11.7. The van der Waals surface area contributed by atoms with Crippen LogP contribution in [0.3, 0.4) is 0 Å². The van der Waals surface area contributed by atoms with E-state index in [1.165, 1.54) is 11.3 Å². The van der Waals surface area contributed by atoms with E-state index in [0.29, 0.717) is 11.3 Å². The lowest BCUT2D eigenvalue weighted by molar-refractivity contribution is -0.142.